The Kier molecular flexibility index (Phi) is 3.97. The molecule has 0 unspecified atom stereocenters. The molecule has 0 spiro atoms. The maximum Gasteiger partial charge on any atom is 0.440 e. The highest BCUT2D eigenvalue weighted by Gasteiger charge is 2.06. The highest BCUT2D eigenvalue weighted by atomic mass is 17.2. The number of carboxylic acids is 1. The van der Waals surface area contributed by atoms with E-state index >= 15 is 0 Å². The van der Waals surface area contributed by atoms with Crippen LogP contribution in [0.1, 0.15) is 0 Å². The van der Waals surface area contributed by atoms with Crippen LogP contribution in [-0.2, 0) is 14.6 Å². The van der Waals surface area contributed by atoms with Crippen LogP contribution in [-0.4, -0.2) is 42.8 Å². The Morgan fingerprint density at radius 1 is 1.45 bits per heavy atom. The average Bonchev–Trinajstić information content (AvgIpc) is 1.86. The summed E-state index contributed by atoms with van der Waals surface area (Å²) in [5.74, 6) is -1.20. The quantitative estimate of drug-likeness (QED) is 0.456. The first kappa shape index (κ1) is 9.70. The molecule has 6 heteroatoms. The highest BCUT2D eigenvalue weighted by Crippen LogP contribution is 1.86. The van der Waals surface area contributed by atoms with Gasteiger partial charge in [-0.1, -0.05) is 0 Å². The Morgan fingerprint density at radius 3 is 2.36 bits per heavy atom. The summed E-state index contributed by atoms with van der Waals surface area (Å²) in [5, 5.41) is 8.04. The molecule has 0 bridgehead atoms. The molecule has 0 aliphatic carbocycles. The lowest BCUT2D eigenvalue weighted by Gasteiger charge is -2.07. The fourth-order valence-electron chi connectivity index (χ4n) is 0.205. The van der Waals surface area contributed by atoms with E-state index in [0.717, 1.165) is 4.90 Å². The van der Waals surface area contributed by atoms with Crippen molar-refractivity contribution in [1.82, 2.24) is 4.90 Å². The van der Waals surface area contributed by atoms with Crippen molar-refractivity contribution in [3.8, 4) is 0 Å². The minimum Gasteiger partial charge on any atom is -0.479 e. The first-order valence-corrected chi connectivity index (χ1v) is 2.76. The van der Waals surface area contributed by atoms with Crippen molar-refractivity contribution >= 4 is 12.1 Å². The Hall–Kier alpha value is -1.30. The van der Waals surface area contributed by atoms with E-state index < -0.39 is 18.7 Å². The second-order valence-electron chi connectivity index (χ2n) is 1.90. The zero-order chi connectivity index (χ0) is 8.85. The number of nitrogens with zero attached hydrogens (tertiary/aromatic N) is 1. The lowest BCUT2D eigenvalue weighted by atomic mass is 10.8. The molecule has 6 nitrogen and oxygen atoms in total. The molecule has 0 radical (unpaired) electrons. The van der Waals surface area contributed by atoms with E-state index in [1.165, 1.54) is 14.1 Å². The van der Waals surface area contributed by atoms with E-state index in [1.807, 2.05) is 0 Å². The van der Waals surface area contributed by atoms with E-state index in [4.69, 9.17) is 5.11 Å². The summed E-state index contributed by atoms with van der Waals surface area (Å²) in [6.45, 7) is -0.653. The SMILES string of the molecule is CN(C)C(=O)OOCC(=O)O. The van der Waals surface area contributed by atoms with Gasteiger partial charge in [0.2, 0.25) is 0 Å². The van der Waals surface area contributed by atoms with Crippen LogP contribution in [0.15, 0.2) is 0 Å². The van der Waals surface area contributed by atoms with Gasteiger partial charge in [0.25, 0.3) is 0 Å². The van der Waals surface area contributed by atoms with Crippen molar-refractivity contribution < 1.29 is 24.5 Å². The molecular weight excluding hydrogens is 154 g/mol. The van der Waals surface area contributed by atoms with Gasteiger partial charge in [-0.15, -0.1) is 0 Å². The second-order valence-corrected chi connectivity index (χ2v) is 1.90. The number of hydrogen-bond donors (Lipinski definition) is 1. The van der Waals surface area contributed by atoms with Gasteiger partial charge in [0.15, 0.2) is 6.61 Å². The van der Waals surface area contributed by atoms with Gasteiger partial charge in [0.05, 0.1) is 0 Å². The van der Waals surface area contributed by atoms with E-state index in [0.29, 0.717) is 0 Å². The summed E-state index contributed by atoms with van der Waals surface area (Å²) in [6, 6.07) is 0. The van der Waals surface area contributed by atoms with E-state index in [2.05, 4.69) is 9.78 Å². The monoisotopic (exact) mass is 163 g/mol. The number of carbonyl (C=O) groups excluding carboxylic acids is 1. The third-order valence-corrected chi connectivity index (χ3v) is 0.678. The van der Waals surface area contributed by atoms with Crippen LogP contribution in [0.4, 0.5) is 4.79 Å². The van der Waals surface area contributed by atoms with Gasteiger partial charge in [-0.2, -0.15) is 4.89 Å². The van der Waals surface area contributed by atoms with Gasteiger partial charge in [0.1, 0.15) is 0 Å². The van der Waals surface area contributed by atoms with Crippen LogP contribution in [0.5, 0.6) is 0 Å². The van der Waals surface area contributed by atoms with Gasteiger partial charge >= 0.3 is 12.1 Å². The molecule has 64 valence electrons. The second kappa shape index (κ2) is 4.51. The van der Waals surface area contributed by atoms with E-state index in [1.54, 1.807) is 0 Å². The third-order valence-electron chi connectivity index (χ3n) is 0.678. The molecule has 0 aromatic rings. The molecule has 0 rings (SSSR count). The van der Waals surface area contributed by atoms with Crippen LogP contribution < -0.4 is 0 Å². The predicted octanol–water partition coefficient (Wildman–Crippen LogP) is -0.299. The fraction of sp³-hybridized carbons (Fsp3) is 0.600. The standard InChI is InChI=1S/C5H9NO5/c1-6(2)5(9)11-10-3-4(7)8/h3H2,1-2H3,(H,7,8). The number of aliphatic carboxylic acids is 1. The third kappa shape index (κ3) is 5.16. The molecule has 0 saturated carbocycles. The van der Waals surface area contributed by atoms with E-state index in [-0.39, 0.29) is 0 Å². The van der Waals surface area contributed by atoms with Crippen molar-refractivity contribution in [3.05, 3.63) is 0 Å². The molecule has 1 amide bonds. The summed E-state index contributed by atoms with van der Waals surface area (Å²) in [4.78, 5) is 29.5. The zero-order valence-corrected chi connectivity index (χ0v) is 6.23. The summed E-state index contributed by atoms with van der Waals surface area (Å²) in [5.41, 5.74) is 0. The first-order valence-electron chi connectivity index (χ1n) is 2.76. The van der Waals surface area contributed by atoms with Crippen LogP contribution in [0, 0.1) is 0 Å². The predicted molar refractivity (Wildman–Crippen MR) is 33.8 cm³/mol. The van der Waals surface area contributed by atoms with Gasteiger partial charge in [0, 0.05) is 14.1 Å². The van der Waals surface area contributed by atoms with Crippen LogP contribution in [0.3, 0.4) is 0 Å². The maximum atomic E-state index is 10.5. The normalized spacial score (nSPS) is 8.91. The Labute approximate surface area is 63.2 Å². The smallest absolute Gasteiger partial charge is 0.440 e. The molecule has 0 aliphatic rings. The Bertz CT molecular complexity index is 155. The van der Waals surface area contributed by atoms with Crippen molar-refractivity contribution in [2.75, 3.05) is 20.7 Å². The number of rotatable bonds is 3. The van der Waals surface area contributed by atoms with Crippen LogP contribution >= 0.6 is 0 Å². The topological polar surface area (TPSA) is 76.1 Å². The molecule has 0 saturated heterocycles. The minimum atomic E-state index is -1.20. The summed E-state index contributed by atoms with van der Waals surface area (Å²) < 4.78 is 0. The van der Waals surface area contributed by atoms with Crippen molar-refractivity contribution in [3.63, 3.8) is 0 Å². The first-order chi connectivity index (χ1) is 5.04. The molecule has 0 aromatic heterocycles. The van der Waals surface area contributed by atoms with Gasteiger partial charge < -0.3 is 10.0 Å². The number of carbonyl (C=O) groups is 2. The lowest BCUT2D eigenvalue weighted by molar-refractivity contribution is -0.245. The number of amides is 1. The largest absolute Gasteiger partial charge is 0.479 e. The average molecular weight is 163 g/mol. The summed E-state index contributed by atoms with van der Waals surface area (Å²) in [6.07, 6.45) is -0.744. The molecule has 0 atom stereocenters. The van der Waals surface area contributed by atoms with Crippen LogP contribution in [0.2, 0.25) is 0 Å². The maximum absolute atomic E-state index is 10.5. The van der Waals surface area contributed by atoms with Gasteiger partial charge in [-0.25, -0.2) is 9.59 Å². The molecule has 0 aromatic carbocycles. The van der Waals surface area contributed by atoms with Gasteiger partial charge in [-0.3, -0.25) is 4.89 Å². The molecule has 0 heterocycles. The molecule has 11 heavy (non-hydrogen) atoms. The van der Waals surface area contributed by atoms with Crippen LogP contribution in [0.25, 0.3) is 0 Å². The Balaban J connectivity index is 3.39. The number of carboxylic acid groups (broad SMARTS) is 1. The fourth-order valence-corrected chi connectivity index (χ4v) is 0.205. The van der Waals surface area contributed by atoms with Crippen molar-refractivity contribution in [1.29, 1.82) is 0 Å². The highest BCUT2D eigenvalue weighted by molar-refractivity contribution is 5.68. The zero-order valence-electron chi connectivity index (χ0n) is 6.23. The molecule has 0 fully saturated rings. The summed E-state index contributed by atoms with van der Waals surface area (Å²) >= 11 is 0. The summed E-state index contributed by atoms with van der Waals surface area (Å²) in [7, 11) is 2.90. The molecular formula is C5H9NO5. The minimum absolute atomic E-state index is 0.653. The van der Waals surface area contributed by atoms with Gasteiger partial charge in [-0.05, 0) is 0 Å². The van der Waals surface area contributed by atoms with Crippen molar-refractivity contribution in [2.24, 2.45) is 0 Å². The molecule has 1 N–H and O–H groups in total. The Morgan fingerprint density at radius 2 is 2.00 bits per heavy atom. The molecule has 0 aliphatic heterocycles. The lowest BCUT2D eigenvalue weighted by Crippen LogP contribution is -2.24. The number of hydrogen-bond acceptors (Lipinski definition) is 4. The van der Waals surface area contributed by atoms with E-state index in [9.17, 15) is 9.59 Å². The van der Waals surface area contributed by atoms with Crippen molar-refractivity contribution in [2.45, 2.75) is 0 Å².